The van der Waals surface area contributed by atoms with Gasteiger partial charge in [0.15, 0.2) is 0 Å². The van der Waals surface area contributed by atoms with Gasteiger partial charge in [-0.25, -0.2) is 4.39 Å². The first-order valence-corrected chi connectivity index (χ1v) is 6.73. The minimum absolute atomic E-state index is 0.0578. The fraction of sp³-hybridized carbons (Fsp3) is 0.400. The average molecular weight is 291 g/mol. The van der Waals surface area contributed by atoms with Crippen LogP contribution in [-0.2, 0) is 16.0 Å². The highest BCUT2D eigenvalue weighted by Gasteiger charge is 2.17. The highest BCUT2D eigenvalue weighted by atomic mass is 19.1. The van der Waals surface area contributed by atoms with Gasteiger partial charge in [0.25, 0.3) is 0 Å². The van der Waals surface area contributed by atoms with Crippen LogP contribution in [0.5, 0.6) is 0 Å². The summed E-state index contributed by atoms with van der Waals surface area (Å²) in [6.45, 7) is 0. The van der Waals surface area contributed by atoms with Gasteiger partial charge in [0.1, 0.15) is 11.9 Å². The molecule has 0 saturated carbocycles. The summed E-state index contributed by atoms with van der Waals surface area (Å²) in [6, 6.07) is 6.85. The van der Waals surface area contributed by atoms with Gasteiger partial charge in [0, 0.05) is 6.42 Å². The summed E-state index contributed by atoms with van der Waals surface area (Å²) in [5.41, 5.74) is 5.90. The van der Waals surface area contributed by atoms with Crippen molar-refractivity contribution in [2.75, 3.05) is 0 Å². The topological polar surface area (TPSA) is 96.0 Å². The number of unbranched alkanes of at least 4 members (excludes halogenated alkanes) is 2. The van der Waals surface area contributed by atoms with Crippen LogP contribution in [0.15, 0.2) is 24.3 Å². The van der Waals surface area contributed by atoms with Crippen LogP contribution in [0.3, 0.4) is 0 Å². The zero-order valence-electron chi connectivity index (χ0n) is 11.6. The number of primary amides is 1. The maximum atomic E-state index is 12.8. The zero-order chi connectivity index (χ0) is 15.7. The molecule has 0 aliphatic carbocycles. The summed E-state index contributed by atoms with van der Waals surface area (Å²) < 4.78 is 12.8. The van der Waals surface area contributed by atoms with E-state index >= 15 is 0 Å². The molecule has 5 nitrogen and oxygen atoms in total. The number of nitrogens with two attached hydrogens (primary N) is 1. The van der Waals surface area contributed by atoms with E-state index in [1.165, 1.54) is 24.3 Å². The Labute approximate surface area is 122 Å². The van der Waals surface area contributed by atoms with Crippen molar-refractivity contribution in [2.24, 2.45) is 5.73 Å². The summed E-state index contributed by atoms with van der Waals surface area (Å²) in [4.78, 5) is 23.1. The van der Waals surface area contributed by atoms with E-state index in [1.807, 2.05) is 6.07 Å². The molecule has 2 amide bonds. The van der Waals surface area contributed by atoms with Gasteiger partial charge < -0.3 is 11.1 Å². The second-order valence-corrected chi connectivity index (χ2v) is 4.73. The first-order valence-electron chi connectivity index (χ1n) is 6.73. The van der Waals surface area contributed by atoms with Crippen molar-refractivity contribution in [1.29, 1.82) is 5.26 Å². The van der Waals surface area contributed by atoms with Crippen molar-refractivity contribution in [3.05, 3.63) is 35.6 Å². The number of carbonyl (C=O) groups is 2. The van der Waals surface area contributed by atoms with E-state index in [0.717, 1.165) is 0 Å². The Morgan fingerprint density at radius 2 is 1.95 bits per heavy atom. The normalized spacial score (nSPS) is 11.4. The lowest BCUT2D eigenvalue weighted by Crippen LogP contribution is -2.44. The molecule has 0 unspecified atom stereocenters. The SMILES string of the molecule is N#CCCCC[C@@H](NC(=O)Cc1ccc(F)cc1)C(N)=O. The minimum Gasteiger partial charge on any atom is -0.368 e. The van der Waals surface area contributed by atoms with Gasteiger partial charge in [-0.2, -0.15) is 5.26 Å². The van der Waals surface area contributed by atoms with Gasteiger partial charge in [-0.15, -0.1) is 0 Å². The fourth-order valence-electron chi connectivity index (χ4n) is 1.87. The van der Waals surface area contributed by atoms with Crippen molar-refractivity contribution >= 4 is 11.8 Å². The van der Waals surface area contributed by atoms with Crippen LogP contribution in [0.2, 0.25) is 0 Å². The van der Waals surface area contributed by atoms with Crippen LogP contribution >= 0.6 is 0 Å². The van der Waals surface area contributed by atoms with Crippen LogP contribution in [0.25, 0.3) is 0 Å². The molecule has 0 aromatic heterocycles. The number of hydrogen-bond donors (Lipinski definition) is 2. The first-order chi connectivity index (χ1) is 10.0. The molecule has 0 saturated heterocycles. The Morgan fingerprint density at radius 3 is 2.52 bits per heavy atom. The lowest BCUT2D eigenvalue weighted by molar-refractivity contribution is -0.127. The molecule has 0 fully saturated rings. The van der Waals surface area contributed by atoms with E-state index < -0.39 is 11.9 Å². The smallest absolute Gasteiger partial charge is 0.239 e. The predicted molar refractivity (Wildman–Crippen MR) is 75.3 cm³/mol. The van der Waals surface area contributed by atoms with Crippen LogP contribution in [0.1, 0.15) is 31.2 Å². The number of carbonyl (C=O) groups excluding carboxylic acids is 2. The predicted octanol–water partition coefficient (Wildman–Crippen LogP) is 1.42. The Morgan fingerprint density at radius 1 is 1.29 bits per heavy atom. The molecular formula is C15H18FN3O2. The Kier molecular flexibility index (Phi) is 6.88. The molecule has 6 heteroatoms. The quantitative estimate of drug-likeness (QED) is 0.709. The van der Waals surface area contributed by atoms with Crippen molar-refractivity contribution in [3.8, 4) is 6.07 Å². The maximum absolute atomic E-state index is 12.8. The Hall–Kier alpha value is -2.42. The number of halogens is 1. The van der Waals surface area contributed by atoms with Crippen molar-refractivity contribution < 1.29 is 14.0 Å². The summed E-state index contributed by atoms with van der Waals surface area (Å²) >= 11 is 0. The third-order valence-electron chi connectivity index (χ3n) is 2.99. The van der Waals surface area contributed by atoms with E-state index in [9.17, 15) is 14.0 Å². The van der Waals surface area contributed by atoms with Crippen LogP contribution in [-0.4, -0.2) is 17.9 Å². The Balaban J connectivity index is 2.46. The molecule has 1 aromatic carbocycles. The first kappa shape index (κ1) is 16.6. The number of nitrogens with zero attached hydrogens (tertiary/aromatic N) is 1. The molecule has 1 rings (SSSR count). The van der Waals surface area contributed by atoms with Gasteiger partial charge in [0.2, 0.25) is 11.8 Å². The van der Waals surface area contributed by atoms with E-state index in [2.05, 4.69) is 5.32 Å². The second-order valence-electron chi connectivity index (χ2n) is 4.73. The minimum atomic E-state index is -0.739. The molecule has 21 heavy (non-hydrogen) atoms. The number of amides is 2. The maximum Gasteiger partial charge on any atom is 0.239 e. The van der Waals surface area contributed by atoms with Gasteiger partial charge in [-0.1, -0.05) is 12.1 Å². The van der Waals surface area contributed by atoms with Gasteiger partial charge in [-0.3, -0.25) is 9.59 Å². The summed E-state index contributed by atoms with van der Waals surface area (Å²) in [7, 11) is 0. The van der Waals surface area contributed by atoms with Crippen LogP contribution < -0.4 is 11.1 Å². The molecule has 0 aliphatic heterocycles. The van der Waals surface area contributed by atoms with E-state index in [0.29, 0.717) is 31.2 Å². The highest BCUT2D eigenvalue weighted by molar-refractivity contribution is 5.87. The van der Waals surface area contributed by atoms with Gasteiger partial charge in [-0.05, 0) is 37.0 Å². The van der Waals surface area contributed by atoms with Gasteiger partial charge in [0.05, 0.1) is 12.5 Å². The summed E-state index contributed by atoms with van der Waals surface area (Å²) in [5, 5.41) is 11.0. The zero-order valence-corrected chi connectivity index (χ0v) is 11.6. The van der Waals surface area contributed by atoms with Crippen molar-refractivity contribution in [1.82, 2.24) is 5.32 Å². The largest absolute Gasteiger partial charge is 0.368 e. The van der Waals surface area contributed by atoms with Gasteiger partial charge >= 0.3 is 0 Å². The Bertz CT molecular complexity index is 523. The van der Waals surface area contributed by atoms with E-state index in [-0.39, 0.29) is 18.1 Å². The van der Waals surface area contributed by atoms with Crippen molar-refractivity contribution in [3.63, 3.8) is 0 Å². The van der Waals surface area contributed by atoms with Crippen LogP contribution in [0.4, 0.5) is 4.39 Å². The third-order valence-corrected chi connectivity index (χ3v) is 2.99. The number of rotatable bonds is 8. The third kappa shape index (κ3) is 6.52. The monoisotopic (exact) mass is 291 g/mol. The fourth-order valence-corrected chi connectivity index (χ4v) is 1.87. The van der Waals surface area contributed by atoms with E-state index in [1.54, 1.807) is 0 Å². The molecule has 0 heterocycles. The highest BCUT2D eigenvalue weighted by Crippen LogP contribution is 2.06. The second kappa shape index (κ2) is 8.69. The molecule has 0 spiro atoms. The molecule has 1 atom stereocenters. The molecule has 3 N–H and O–H groups in total. The number of benzene rings is 1. The molecule has 1 aromatic rings. The average Bonchev–Trinajstić information content (AvgIpc) is 2.44. The lowest BCUT2D eigenvalue weighted by atomic mass is 10.1. The lowest BCUT2D eigenvalue weighted by Gasteiger charge is -2.15. The van der Waals surface area contributed by atoms with Crippen LogP contribution in [0, 0.1) is 17.1 Å². The molecule has 0 bridgehead atoms. The number of hydrogen-bond acceptors (Lipinski definition) is 3. The summed E-state index contributed by atoms with van der Waals surface area (Å²) in [6.07, 6.45) is 2.18. The van der Waals surface area contributed by atoms with Crippen molar-refractivity contribution in [2.45, 2.75) is 38.1 Å². The number of nitrogens with one attached hydrogen (secondary N) is 1. The number of nitriles is 1. The molecule has 0 aliphatic rings. The standard InChI is InChI=1S/C15H18FN3O2/c16-12-7-5-11(6-8-12)10-14(20)19-13(15(18)21)4-2-1-3-9-17/h5-8,13H,1-4,10H2,(H2,18,21)(H,19,20)/t13-/m1/s1. The van der Waals surface area contributed by atoms with E-state index in [4.69, 9.17) is 11.0 Å². The molecule has 0 radical (unpaired) electrons. The molecular weight excluding hydrogens is 273 g/mol. The summed E-state index contributed by atoms with van der Waals surface area (Å²) in [5.74, 6) is -1.31. The molecule has 112 valence electrons.